The molecule has 2 heterocycles. The van der Waals surface area contributed by atoms with E-state index in [1.807, 2.05) is 17.0 Å². The molecule has 0 N–H and O–H groups in total. The quantitative estimate of drug-likeness (QED) is 0.830. The number of nitrogens with zero attached hydrogens (tertiary/aromatic N) is 2. The van der Waals surface area contributed by atoms with E-state index in [4.69, 9.17) is 0 Å². The highest BCUT2D eigenvalue weighted by Crippen LogP contribution is 2.23. The van der Waals surface area contributed by atoms with E-state index in [9.17, 15) is 9.59 Å². The number of hydrogen-bond donors (Lipinski definition) is 0. The molecule has 4 nitrogen and oxygen atoms in total. The fourth-order valence-electron chi connectivity index (χ4n) is 2.06. The standard InChI is InChI=1S/C13H16N2O2S/c1-10(16)18-9-12-6-13(17)15(8-12)7-11-2-4-14-5-3-11/h2-5,12H,6-9H2,1H3. The van der Waals surface area contributed by atoms with Crippen LogP contribution >= 0.6 is 11.8 Å². The highest BCUT2D eigenvalue weighted by molar-refractivity contribution is 8.13. The summed E-state index contributed by atoms with van der Waals surface area (Å²) in [5, 5.41) is 0.120. The molecule has 96 valence electrons. The van der Waals surface area contributed by atoms with Gasteiger partial charge in [-0.25, -0.2) is 0 Å². The molecule has 0 bridgehead atoms. The zero-order chi connectivity index (χ0) is 13.0. The van der Waals surface area contributed by atoms with Gasteiger partial charge in [-0.1, -0.05) is 11.8 Å². The Hall–Kier alpha value is -1.36. The van der Waals surface area contributed by atoms with E-state index in [1.165, 1.54) is 11.8 Å². The van der Waals surface area contributed by atoms with Crippen LogP contribution < -0.4 is 0 Å². The van der Waals surface area contributed by atoms with Gasteiger partial charge in [0.1, 0.15) is 0 Å². The molecule has 18 heavy (non-hydrogen) atoms. The first-order chi connectivity index (χ1) is 8.65. The molecule has 0 aromatic carbocycles. The van der Waals surface area contributed by atoms with Gasteiger partial charge >= 0.3 is 0 Å². The number of carbonyl (C=O) groups excluding carboxylic acids is 2. The fraction of sp³-hybridized carbons (Fsp3) is 0.462. The van der Waals surface area contributed by atoms with Crippen molar-refractivity contribution in [1.82, 2.24) is 9.88 Å². The second-order valence-corrected chi connectivity index (χ2v) is 5.70. The van der Waals surface area contributed by atoms with Crippen molar-refractivity contribution in [2.75, 3.05) is 12.3 Å². The van der Waals surface area contributed by atoms with Crippen LogP contribution in [0, 0.1) is 5.92 Å². The minimum Gasteiger partial charge on any atom is -0.338 e. The molecule has 1 aliphatic rings. The largest absolute Gasteiger partial charge is 0.338 e. The first-order valence-corrected chi connectivity index (χ1v) is 6.93. The van der Waals surface area contributed by atoms with Crippen molar-refractivity contribution in [1.29, 1.82) is 0 Å². The minimum absolute atomic E-state index is 0.120. The van der Waals surface area contributed by atoms with Crippen LogP contribution in [0.2, 0.25) is 0 Å². The predicted molar refractivity (Wildman–Crippen MR) is 70.9 cm³/mol. The van der Waals surface area contributed by atoms with E-state index in [0.717, 1.165) is 17.9 Å². The predicted octanol–water partition coefficient (Wildman–Crippen LogP) is 1.71. The van der Waals surface area contributed by atoms with E-state index in [-0.39, 0.29) is 11.0 Å². The smallest absolute Gasteiger partial charge is 0.223 e. The van der Waals surface area contributed by atoms with Gasteiger partial charge in [0.25, 0.3) is 0 Å². The number of pyridine rings is 1. The van der Waals surface area contributed by atoms with Crippen LogP contribution in [0.5, 0.6) is 0 Å². The van der Waals surface area contributed by atoms with E-state index in [1.54, 1.807) is 19.3 Å². The number of thioether (sulfide) groups is 1. The Morgan fingerprint density at radius 3 is 2.89 bits per heavy atom. The van der Waals surface area contributed by atoms with Gasteiger partial charge in [0.05, 0.1) is 0 Å². The lowest BCUT2D eigenvalue weighted by Gasteiger charge is -2.16. The molecule has 1 amide bonds. The van der Waals surface area contributed by atoms with E-state index >= 15 is 0 Å². The summed E-state index contributed by atoms with van der Waals surface area (Å²) >= 11 is 1.31. The lowest BCUT2D eigenvalue weighted by atomic mass is 10.1. The highest BCUT2D eigenvalue weighted by atomic mass is 32.2. The van der Waals surface area contributed by atoms with Crippen molar-refractivity contribution < 1.29 is 9.59 Å². The molecule has 1 saturated heterocycles. The third-order valence-electron chi connectivity index (χ3n) is 2.94. The molecule has 5 heteroatoms. The molecule has 0 radical (unpaired) electrons. The number of hydrogen-bond acceptors (Lipinski definition) is 4. The lowest BCUT2D eigenvalue weighted by molar-refractivity contribution is -0.128. The van der Waals surface area contributed by atoms with Crippen LogP contribution in [0.1, 0.15) is 18.9 Å². The summed E-state index contributed by atoms with van der Waals surface area (Å²) in [6.45, 7) is 2.96. The molecule has 1 aromatic rings. The van der Waals surface area contributed by atoms with Gasteiger partial charge in [-0.15, -0.1) is 0 Å². The summed E-state index contributed by atoms with van der Waals surface area (Å²) in [4.78, 5) is 28.6. The summed E-state index contributed by atoms with van der Waals surface area (Å²) in [6.07, 6.45) is 4.03. The number of aromatic nitrogens is 1. The summed E-state index contributed by atoms with van der Waals surface area (Å²) in [6, 6.07) is 3.84. The Morgan fingerprint density at radius 2 is 2.22 bits per heavy atom. The average molecular weight is 264 g/mol. The fourth-order valence-corrected chi connectivity index (χ4v) is 2.76. The van der Waals surface area contributed by atoms with Crippen molar-refractivity contribution in [3.05, 3.63) is 30.1 Å². The molecular weight excluding hydrogens is 248 g/mol. The first-order valence-electron chi connectivity index (χ1n) is 5.95. The van der Waals surface area contributed by atoms with Crippen molar-refractivity contribution in [3.8, 4) is 0 Å². The highest BCUT2D eigenvalue weighted by Gasteiger charge is 2.29. The molecule has 1 atom stereocenters. The maximum absolute atomic E-state index is 11.8. The number of amides is 1. The van der Waals surface area contributed by atoms with Crippen molar-refractivity contribution in [2.24, 2.45) is 5.92 Å². The summed E-state index contributed by atoms with van der Waals surface area (Å²) in [5.41, 5.74) is 1.10. The Morgan fingerprint density at radius 1 is 1.50 bits per heavy atom. The van der Waals surface area contributed by atoms with E-state index in [2.05, 4.69) is 4.98 Å². The molecule has 2 rings (SSSR count). The van der Waals surface area contributed by atoms with Gasteiger partial charge in [0.2, 0.25) is 5.91 Å². The van der Waals surface area contributed by atoms with Crippen LogP contribution in [-0.2, 0) is 16.1 Å². The number of carbonyl (C=O) groups is 2. The van der Waals surface area contributed by atoms with Gasteiger partial charge in [-0.3, -0.25) is 14.6 Å². The van der Waals surface area contributed by atoms with Crippen LogP contribution in [0.25, 0.3) is 0 Å². The molecule has 1 fully saturated rings. The van der Waals surface area contributed by atoms with Crippen LogP contribution in [0.3, 0.4) is 0 Å². The molecule has 0 saturated carbocycles. The second-order valence-electron chi connectivity index (χ2n) is 4.50. The van der Waals surface area contributed by atoms with Gasteiger partial charge in [0.15, 0.2) is 5.12 Å². The third kappa shape index (κ3) is 3.57. The van der Waals surface area contributed by atoms with Crippen molar-refractivity contribution in [2.45, 2.75) is 19.9 Å². The van der Waals surface area contributed by atoms with Gasteiger partial charge in [0, 0.05) is 44.6 Å². The minimum atomic E-state index is 0.120. The van der Waals surface area contributed by atoms with Crippen molar-refractivity contribution in [3.63, 3.8) is 0 Å². The van der Waals surface area contributed by atoms with Crippen LogP contribution in [0.15, 0.2) is 24.5 Å². The molecular formula is C13H16N2O2S. The lowest BCUT2D eigenvalue weighted by Crippen LogP contribution is -2.24. The Kier molecular flexibility index (Phi) is 4.36. The van der Waals surface area contributed by atoms with E-state index < -0.39 is 0 Å². The number of likely N-dealkylation sites (tertiary alicyclic amines) is 1. The average Bonchev–Trinajstić information content (AvgIpc) is 2.69. The normalized spacial score (nSPS) is 19.3. The summed E-state index contributed by atoms with van der Waals surface area (Å²) in [5.74, 6) is 1.22. The molecule has 1 aromatic heterocycles. The second kappa shape index (κ2) is 6.00. The van der Waals surface area contributed by atoms with E-state index in [0.29, 0.717) is 18.9 Å². The summed E-state index contributed by atoms with van der Waals surface area (Å²) in [7, 11) is 0. The molecule has 1 aliphatic heterocycles. The Bertz CT molecular complexity index is 436. The molecule has 0 spiro atoms. The maximum Gasteiger partial charge on any atom is 0.223 e. The molecule has 1 unspecified atom stereocenters. The molecule has 0 aliphatic carbocycles. The Labute approximate surface area is 111 Å². The topological polar surface area (TPSA) is 50.3 Å². The SMILES string of the molecule is CC(=O)SCC1CC(=O)N(Cc2ccncc2)C1. The maximum atomic E-state index is 11.8. The zero-order valence-electron chi connectivity index (χ0n) is 10.3. The van der Waals surface area contributed by atoms with Gasteiger partial charge in [-0.2, -0.15) is 0 Å². The van der Waals surface area contributed by atoms with Crippen molar-refractivity contribution >= 4 is 22.8 Å². The van der Waals surface area contributed by atoms with Gasteiger partial charge < -0.3 is 4.90 Å². The first kappa shape index (κ1) is 13.1. The summed E-state index contributed by atoms with van der Waals surface area (Å²) < 4.78 is 0. The van der Waals surface area contributed by atoms with Gasteiger partial charge in [-0.05, 0) is 23.6 Å². The van der Waals surface area contributed by atoms with Crippen LogP contribution in [0.4, 0.5) is 0 Å². The number of rotatable bonds is 4. The zero-order valence-corrected chi connectivity index (χ0v) is 11.2. The Balaban J connectivity index is 1.87. The van der Waals surface area contributed by atoms with Crippen LogP contribution in [-0.4, -0.2) is 33.2 Å². The monoisotopic (exact) mass is 264 g/mol. The third-order valence-corrected chi connectivity index (χ3v) is 3.98.